The number of aromatic hydroxyl groups is 1. The zero-order chi connectivity index (χ0) is 15.0. The SMILES string of the molecule is COC[C@@H]1[C@H](NC(=O)c2ccc(O)c(Cl)c2)[C@@H]2CCO[C@H]12. The molecule has 1 saturated carbocycles. The van der Waals surface area contributed by atoms with Crippen molar-refractivity contribution in [3.63, 3.8) is 0 Å². The maximum Gasteiger partial charge on any atom is 0.251 e. The highest BCUT2D eigenvalue weighted by Gasteiger charge is 2.54. The number of carbonyl (C=O) groups excluding carboxylic acids is 1. The Morgan fingerprint density at radius 1 is 1.57 bits per heavy atom. The average molecular weight is 312 g/mol. The first-order chi connectivity index (χ1) is 10.1. The molecule has 1 heterocycles. The molecule has 3 rings (SSSR count). The van der Waals surface area contributed by atoms with E-state index in [-0.39, 0.29) is 34.7 Å². The molecule has 0 spiro atoms. The van der Waals surface area contributed by atoms with Gasteiger partial charge in [0.25, 0.3) is 5.91 Å². The molecular weight excluding hydrogens is 294 g/mol. The van der Waals surface area contributed by atoms with Gasteiger partial charge in [-0.2, -0.15) is 0 Å². The van der Waals surface area contributed by atoms with E-state index in [2.05, 4.69) is 5.32 Å². The van der Waals surface area contributed by atoms with Gasteiger partial charge in [0.1, 0.15) is 5.75 Å². The van der Waals surface area contributed by atoms with E-state index in [4.69, 9.17) is 21.1 Å². The zero-order valence-corrected chi connectivity index (χ0v) is 12.5. The fourth-order valence-corrected chi connectivity index (χ4v) is 3.50. The average Bonchev–Trinajstić information content (AvgIpc) is 2.89. The second-order valence-electron chi connectivity index (χ2n) is 5.57. The molecule has 2 aliphatic rings. The van der Waals surface area contributed by atoms with Gasteiger partial charge in [-0.3, -0.25) is 4.79 Å². The van der Waals surface area contributed by atoms with E-state index in [9.17, 15) is 9.90 Å². The molecule has 1 aliphatic heterocycles. The van der Waals surface area contributed by atoms with Crippen molar-refractivity contribution < 1.29 is 19.4 Å². The molecule has 0 bridgehead atoms. The van der Waals surface area contributed by atoms with Gasteiger partial charge in [-0.15, -0.1) is 0 Å². The van der Waals surface area contributed by atoms with Gasteiger partial charge >= 0.3 is 0 Å². The standard InChI is InChI=1S/C15H18ClNO4/c1-20-7-10-13(9-4-5-21-14(9)10)17-15(19)8-2-3-12(18)11(16)6-8/h2-3,6,9-10,13-14,18H,4-5,7H2,1H3,(H,17,19)/t9-,10+,13+,14-/m0/s1. The number of carbonyl (C=O) groups is 1. The zero-order valence-electron chi connectivity index (χ0n) is 11.7. The summed E-state index contributed by atoms with van der Waals surface area (Å²) in [4.78, 5) is 12.3. The molecule has 1 aromatic rings. The predicted molar refractivity (Wildman–Crippen MR) is 77.6 cm³/mol. The van der Waals surface area contributed by atoms with Gasteiger partial charge in [-0.1, -0.05) is 11.6 Å². The van der Waals surface area contributed by atoms with Gasteiger partial charge in [0.05, 0.1) is 17.7 Å². The largest absolute Gasteiger partial charge is 0.506 e. The second-order valence-corrected chi connectivity index (χ2v) is 5.98. The third-order valence-corrected chi connectivity index (χ3v) is 4.70. The Bertz CT molecular complexity index is 550. The highest BCUT2D eigenvalue weighted by Crippen LogP contribution is 2.43. The lowest BCUT2D eigenvalue weighted by Crippen LogP contribution is -2.62. The van der Waals surface area contributed by atoms with Crippen molar-refractivity contribution in [1.29, 1.82) is 0 Å². The van der Waals surface area contributed by atoms with Gasteiger partial charge in [0.15, 0.2) is 0 Å². The molecule has 0 radical (unpaired) electrons. The third-order valence-electron chi connectivity index (χ3n) is 4.39. The van der Waals surface area contributed by atoms with Crippen molar-refractivity contribution in [1.82, 2.24) is 5.32 Å². The fraction of sp³-hybridized carbons (Fsp3) is 0.533. The molecule has 1 aliphatic carbocycles. The molecule has 6 heteroatoms. The van der Waals surface area contributed by atoms with Crippen molar-refractivity contribution in [3.05, 3.63) is 28.8 Å². The highest BCUT2D eigenvalue weighted by molar-refractivity contribution is 6.32. The van der Waals surface area contributed by atoms with Crippen LogP contribution in [0.15, 0.2) is 18.2 Å². The highest BCUT2D eigenvalue weighted by atomic mass is 35.5. The number of amides is 1. The van der Waals surface area contributed by atoms with E-state index in [1.54, 1.807) is 13.2 Å². The number of rotatable bonds is 4. The Hall–Kier alpha value is -1.30. The number of phenols is 1. The third kappa shape index (κ3) is 2.61. The molecule has 114 valence electrons. The maximum absolute atomic E-state index is 12.3. The van der Waals surface area contributed by atoms with Gasteiger partial charge in [0, 0.05) is 37.2 Å². The molecule has 4 atom stereocenters. The van der Waals surface area contributed by atoms with E-state index >= 15 is 0 Å². The van der Waals surface area contributed by atoms with E-state index in [1.165, 1.54) is 12.1 Å². The molecule has 1 aromatic carbocycles. The number of hydrogen-bond donors (Lipinski definition) is 2. The van der Waals surface area contributed by atoms with Crippen LogP contribution in [0.25, 0.3) is 0 Å². The topological polar surface area (TPSA) is 67.8 Å². The number of hydrogen-bond acceptors (Lipinski definition) is 4. The smallest absolute Gasteiger partial charge is 0.251 e. The summed E-state index contributed by atoms with van der Waals surface area (Å²) in [6.45, 7) is 1.31. The Kier molecular flexibility index (Phi) is 4.06. The summed E-state index contributed by atoms with van der Waals surface area (Å²) in [6.07, 6.45) is 1.16. The summed E-state index contributed by atoms with van der Waals surface area (Å²) < 4.78 is 10.9. The van der Waals surface area contributed by atoms with Crippen molar-refractivity contribution >= 4 is 17.5 Å². The summed E-state index contributed by atoms with van der Waals surface area (Å²) in [6, 6.07) is 4.52. The number of halogens is 1. The molecule has 0 unspecified atom stereocenters. The molecule has 1 saturated heterocycles. The van der Waals surface area contributed by atoms with Crippen LogP contribution in [0.3, 0.4) is 0 Å². The number of benzene rings is 1. The molecule has 2 N–H and O–H groups in total. The minimum atomic E-state index is -0.187. The van der Waals surface area contributed by atoms with Crippen LogP contribution in [0.5, 0.6) is 5.75 Å². The normalized spacial score (nSPS) is 30.6. The molecule has 5 nitrogen and oxygen atoms in total. The molecular formula is C15H18ClNO4. The number of phenolic OH excluding ortho intramolecular Hbond substituents is 1. The Labute approximate surface area is 128 Å². The van der Waals surface area contributed by atoms with Crippen LogP contribution in [-0.4, -0.2) is 43.5 Å². The minimum Gasteiger partial charge on any atom is -0.506 e. The minimum absolute atomic E-state index is 0.0293. The molecule has 1 amide bonds. The second kappa shape index (κ2) is 5.83. The lowest BCUT2D eigenvalue weighted by Gasteiger charge is -2.47. The quantitative estimate of drug-likeness (QED) is 0.890. The van der Waals surface area contributed by atoms with Crippen LogP contribution >= 0.6 is 11.6 Å². The summed E-state index contributed by atoms with van der Waals surface area (Å²) in [7, 11) is 1.65. The van der Waals surface area contributed by atoms with Gasteiger partial charge < -0.3 is 19.9 Å². The van der Waals surface area contributed by atoms with Crippen molar-refractivity contribution in [2.45, 2.75) is 18.6 Å². The molecule has 0 aromatic heterocycles. The van der Waals surface area contributed by atoms with Gasteiger partial charge in [-0.05, 0) is 24.6 Å². The number of ether oxygens (including phenoxy) is 2. The summed E-state index contributed by atoms with van der Waals surface area (Å²) in [5.74, 6) is 0.340. The summed E-state index contributed by atoms with van der Waals surface area (Å²) in [5, 5.41) is 12.6. The Balaban J connectivity index is 1.70. The van der Waals surface area contributed by atoms with Gasteiger partial charge in [0.2, 0.25) is 0 Å². The summed E-state index contributed by atoms with van der Waals surface area (Å²) in [5.41, 5.74) is 0.441. The lowest BCUT2D eigenvalue weighted by atomic mass is 9.67. The van der Waals surface area contributed by atoms with E-state index in [1.807, 2.05) is 0 Å². The first-order valence-corrected chi connectivity index (χ1v) is 7.39. The Morgan fingerprint density at radius 3 is 3.10 bits per heavy atom. The van der Waals surface area contributed by atoms with Crippen LogP contribution < -0.4 is 5.32 Å². The van der Waals surface area contributed by atoms with Crippen molar-refractivity contribution in [2.75, 3.05) is 20.3 Å². The van der Waals surface area contributed by atoms with Crippen molar-refractivity contribution in [3.8, 4) is 5.75 Å². The number of nitrogens with one attached hydrogen (secondary N) is 1. The van der Waals surface area contributed by atoms with Crippen LogP contribution in [0.4, 0.5) is 0 Å². The monoisotopic (exact) mass is 311 g/mol. The predicted octanol–water partition coefficient (Wildman–Crippen LogP) is 1.83. The van der Waals surface area contributed by atoms with E-state index in [0.29, 0.717) is 18.1 Å². The van der Waals surface area contributed by atoms with Gasteiger partial charge in [-0.25, -0.2) is 0 Å². The number of methoxy groups -OCH3 is 1. The van der Waals surface area contributed by atoms with Crippen LogP contribution in [-0.2, 0) is 9.47 Å². The molecule has 2 fully saturated rings. The molecule has 21 heavy (non-hydrogen) atoms. The number of fused-ring (bicyclic) bond motifs is 1. The fourth-order valence-electron chi connectivity index (χ4n) is 3.32. The van der Waals surface area contributed by atoms with Crippen molar-refractivity contribution in [2.24, 2.45) is 11.8 Å². The first-order valence-electron chi connectivity index (χ1n) is 7.01. The Morgan fingerprint density at radius 2 is 2.38 bits per heavy atom. The van der Waals surface area contributed by atoms with Crippen LogP contribution in [0, 0.1) is 11.8 Å². The van der Waals surface area contributed by atoms with Crippen LogP contribution in [0.2, 0.25) is 5.02 Å². The maximum atomic E-state index is 12.3. The summed E-state index contributed by atoms with van der Waals surface area (Å²) >= 11 is 5.84. The first kappa shape index (κ1) is 14.6. The van der Waals surface area contributed by atoms with E-state index < -0.39 is 0 Å². The van der Waals surface area contributed by atoms with Crippen LogP contribution in [0.1, 0.15) is 16.8 Å². The lowest BCUT2D eigenvalue weighted by molar-refractivity contribution is -0.0809. The van der Waals surface area contributed by atoms with E-state index in [0.717, 1.165) is 13.0 Å².